The fraction of sp³-hybridized carbons (Fsp3) is 0.571. The molecule has 1 unspecified atom stereocenters. The average molecular weight is 285 g/mol. The van der Waals surface area contributed by atoms with Crippen LogP contribution in [0.25, 0.3) is 0 Å². The minimum absolute atomic E-state index is 0.155. The molecule has 1 amide bonds. The van der Waals surface area contributed by atoms with Crippen LogP contribution in [0.4, 0.5) is 0 Å². The van der Waals surface area contributed by atoms with Crippen LogP contribution >= 0.6 is 11.6 Å². The van der Waals surface area contributed by atoms with E-state index in [9.17, 15) is 9.90 Å². The maximum Gasteiger partial charge on any atom is 0.253 e. The second-order valence-corrected chi connectivity index (χ2v) is 6.05. The Morgan fingerprint density at radius 2 is 2.16 bits per heavy atom. The fourth-order valence-corrected chi connectivity index (χ4v) is 2.25. The Kier molecular flexibility index (Phi) is 5.32. The standard InChI is InChI=1S/C14H21ClN2O2/c1-9(18)7-14(3,4)8-16-13(19)11-5-6-12(15)17-10(11)2/h5-6,9,18H,7-8H2,1-4H3,(H,16,19). The van der Waals surface area contributed by atoms with Crippen LogP contribution < -0.4 is 5.32 Å². The molecule has 0 bridgehead atoms. The van der Waals surface area contributed by atoms with Gasteiger partial charge in [0.1, 0.15) is 5.15 Å². The van der Waals surface area contributed by atoms with E-state index in [0.29, 0.717) is 29.4 Å². The van der Waals surface area contributed by atoms with Crippen LogP contribution in [0.15, 0.2) is 12.1 Å². The van der Waals surface area contributed by atoms with Gasteiger partial charge in [0.25, 0.3) is 5.91 Å². The second-order valence-electron chi connectivity index (χ2n) is 5.67. The van der Waals surface area contributed by atoms with Crippen LogP contribution in [-0.2, 0) is 0 Å². The lowest BCUT2D eigenvalue weighted by Gasteiger charge is -2.26. The minimum Gasteiger partial charge on any atom is -0.393 e. The molecular formula is C14H21ClN2O2. The minimum atomic E-state index is -0.383. The van der Waals surface area contributed by atoms with Crippen molar-refractivity contribution < 1.29 is 9.90 Å². The number of aliphatic hydroxyl groups excluding tert-OH is 1. The maximum absolute atomic E-state index is 12.1. The molecular weight excluding hydrogens is 264 g/mol. The Balaban J connectivity index is 2.65. The van der Waals surface area contributed by atoms with Crippen molar-refractivity contribution in [3.63, 3.8) is 0 Å². The van der Waals surface area contributed by atoms with Crippen LogP contribution in [0.1, 0.15) is 43.2 Å². The van der Waals surface area contributed by atoms with Gasteiger partial charge in [0.05, 0.1) is 17.4 Å². The van der Waals surface area contributed by atoms with Crippen molar-refractivity contribution in [1.82, 2.24) is 10.3 Å². The average Bonchev–Trinajstić information content (AvgIpc) is 2.24. The molecule has 0 aliphatic rings. The first-order valence-corrected chi connectivity index (χ1v) is 6.68. The number of carbonyl (C=O) groups excluding carboxylic acids is 1. The van der Waals surface area contributed by atoms with Crippen molar-refractivity contribution in [2.45, 2.75) is 40.2 Å². The van der Waals surface area contributed by atoms with E-state index in [1.807, 2.05) is 13.8 Å². The number of nitrogens with zero attached hydrogens (tertiary/aromatic N) is 1. The van der Waals surface area contributed by atoms with E-state index in [1.165, 1.54) is 0 Å². The summed E-state index contributed by atoms with van der Waals surface area (Å²) in [5, 5.41) is 12.7. The zero-order valence-electron chi connectivity index (χ0n) is 11.8. The van der Waals surface area contributed by atoms with E-state index < -0.39 is 0 Å². The Bertz CT molecular complexity index is 459. The Labute approximate surface area is 119 Å². The molecule has 19 heavy (non-hydrogen) atoms. The van der Waals surface area contributed by atoms with Crippen LogP contribution in [0, 0.1) is 12.3 Å². The van der Waals surface area contributed by atoms with Crippen molar-refractivity contribution in [3.8, 4) is 0 Å². The highest BCUT2D eigenvalue weighted by molar-refractivity contribution is 6.29. The Morgan fingerprint density at radius 3 is 2.68 bits per heavy atom. The summed E-state index contributed by atoms with van der Waals surface area (Å²) in [6.45, 7) is 8.01. The summed E-state index contributed by atoms with van der Waals surface area (Å²) in [4.78, 5) is 16.1. The van der Waals surface area contributed by atoms with Gasteiger partial charge in [-0.1, -0.05) is 25.4 Å². The quantitative estimate of drug-likeness (QED) is 0.817. The summed E-state index contributed by atoms with van der Waals surface area (Å²) in [7, 11) is 0. The number of rotatable bonds is 5. The molecule has 1 rings (SSSR count). The van der Waals surface area contributed by atoms with E-state index in [-0.39, 0.29) is 17.4 Å². The van der Waals surface area contributed by atoms with Crippen molar-refractivity contribution in [3.05, 3.63) is 28.5 Å². The Hall–Kier alpha value is -1.13. The first kappa shape index (κ1) is 15.9. The number of nitrogens with one attached hydrogen (secondary N) is 1. The largest absolute Gasteiger partial charge is 0.393 e. The third kappa shape index (κ3) is 5.17. The van der Waals surface area contributed by atoms with Crippen molar-refractivity contribution in [2.24, 2.45) is 5.41 Å². The molecule has 0 radical (unpaired) electrons. The smallest absolute Gasteiger partial charge is 0.253 e. The number of aromatic nitrogens is 1. The summed E-state index contributed by atoms with van der Waals surface area (Å²) < 4.78 is 0. The molecule has 0 aromatic carbocycles. The molecule has 0 aliphatic carbocycles. The van der Waals surface area contributed by atoms with Gasteiger partial charge >= 0.3 is 0 Å². The first-order valence-electron chi connectivity index (χ1n) is 6.31. The summed E-state index contributed by atoms with van der Waals surface area (Å²) in [5.41, 5.74) is 0.980. The third-order valence-corrected chi connectivity index (χ3v) is 3.08. The zero-order chi connectivity index (χ0) is 14.6. The SMILES string of the molecule is Cc1nc(Cl)ccc1C(=O)NCC(C)(C)CC(C)O. The number of pyridine rings is 1. The van der Waals surface area contributed by atoms with Crippen LogP contribution in [0.5, 0.6) is 0 Å². The van der Waals surface area contributed by atoms with E-state index in [4.69, 9.17) is 11.6 Å². The summed E-state index contributed by atoms with van der Waals surface area (Å²) in [5.74, 6) is -0.166. The van der Waals surface area contributed by atoms with Gasteiger partial charge in [0, 0.05) is 6.54 Å². The van der Waals surface area contributed by atoms with Crippen molar-refractivity contribution in [2.75, 3.05) is 6.54 Å². The molecule has 4 nitrogen and oxygen atoms in total. The van der Waals surface area contributed by atoms with Gasteiger partial charge in [-0.05, 0) is 37.8 Å². The lowest BCUT2D eigenvalue weighted by atomic mass is 9.87. The van der Waals surface area contributed by atoms with Crippen molar-refractivity contribution >= 4 is 17.5 Å². The highest BCUT2D eigenvalue weighted by Crippen LogP contribution is 2.21. The van der Waals surface area contributed by atoms with E-state index in [1.54, 1.807) is 26.0 Å². The van der Waals surface area contributed by atoms with E-state index in [0.717, 1.165) is 0 Å². The highest BCUT2D eigenvalue weighted by Gasteiger charge is 2.21. The van der Waals surface area contributed by atoms with Gasteiger partial charge in [-0.3, -0.25) is 4.79 Å². The molecule has 1 heterocycles. The Morgan fingerprint density at radius 1 is 1.53 bits per heavy atom. The molecule has 5 heteroatoms. The normalized spacial score (nSPS) is 13.2. The number of hydrogen-bond acceptors (Lipinski definition) is 3. The van der Waals surface area contributed by atoms with Gasteiger partial charge in [-0.2, -0.15) is 0 Å². The second kappa shape index (κ2) is 6.35. The van der Waals surface area contributed by atoms with Crippen LogP contribution in [-0.4, -0.2) is 28.6 Å². The van der Waals surface area contributed by atoms with Gasteiger partial charge in [-0.25, -0.2) is 4.98 Å². The van der Waals surface area contributed by atoms with Gasteiger partial charge < -0.3 is 10.4 Å². The molecule has 1 aromatic rings. The van der Waals surface area contributed by atoms with E-state index in [2.05, 4.69) is 10.3 Å². The summed E-state index contributed by atoms with van der Waals surface area (Å²) in [6, 6.07) is 3.27. The lowest BCUT2D eigenvalue weighted by Crippen LogP contribution is -2.36. The molecule has 0 spiro atoms. The molecule has 0 saturated heterocycles. The lowest BCUT2D eigenvalue weighted by molar-refractivity contribution is 0.0901. The predicted octanol–water partition coefficient (Wildman–Crippen LogP) is 2.57. The van der Waals surface area contributed by atoms with Crippen molar-refractivity contribution in [1.29, 1.82) is 0 Å². The fourth-order valence-electron chi connectivity index (χ4n) is 2.06. The zero-order valence-corrected chi connectivity index (χ0v) is 12.6. The molecule has 0 saturated carbocycles. The molecule has 1 atom stereocenters. The predicted molar refractivity (Wildman–Crippen MR) is 76.4 cm³/mol. The monoisotopic (exact) mass is 284 g/mol. The number of halogens is 1. The van der Waals surface area contributed by atoms with Gasteiger partial charge in [-0.15, -0.1) is 0 Å². The number of carbonyl (C=O) groups is 1. The third-order valence-electron chi connectivity index (χ3n) is 2.87. The number of hydrogen-bond donors (Lipinski definition) is 2. The number of aryl methyl sites for hydroxylation is 1. The van der Waals surface area contributed by atoms with E-state index >= 15 is 0 Å². The summed E-state index contributed by atoms with van der Waals surface area (Å²) in [6.07, 6.45) is 0.247. The molecule has 0 aliphatic heterocycles. The molecule has 1 aromatic heterocycles. The number of amides is 1. The maximum atomic E-state index is 12.1. The first-order chi connectivity index (χ1) is 8.71. The summed E-state index contributed by atoms with van der Waals surface area (Å²) >= 11 is 5.76. The van der Waals surface area contributed by atoms with Gasteiger partial charge in [0.15, 0.2) is 0 Å². The topological polar surface area (TPSA) is 62.2 Å². The molecule has 106 valence electrons. The van der Waals surface area contributed by atoms with Gasteiger partial charge in [0.2, 0.25) is 0 Å². The molecule has 2 N–H and O–H groups in total. The van der Waals surface area contributed by atoms with Crippen LogP contribution in [0.2, 0.25) is 5.15 Å². The number of aliphatic hydroxyl groups is 1. The van der Waals surface area contributed by atoms with Crippen LogP contribution in [0.3, 0.4) is 0 Å². The highest BCUT2D eigenvalue weighted by atomic mass is 35.5. The molecule has 0 fully saturated rings.